The highest BCUT2D eigenvalue weighted by atomic mass is 35.5. The molecule has 6 heteroatoms. The first-order valence-electron chi connectivity index (χ1n) is 7.99. The van der Waals surface area contributed by atoms with Crippen LogP contribution < -0.4 is 10.2 Å². The number of halogens is 2. The Hall–Kier alpha value is -2.30. The van der Waals surface area contributed by atoms with Gasteiger partial charge in [0.15, 0.2) is 0 Å². The zero-order valence-electron chi connectivity index (χ0n) is 13.8. The van der Waals surface area contributed by atoms with Crippen molar-refractivity contribution in [2.75, 3.05) is 16.8 Å². The van der Waals surface area contributed by atoms with Crippen molar-refractivity contribution in [1.29, 1.82) is 0 Å². The Bertz CT molecular complexity index is 840. The molecular weight excluding hydrogens is 355 g/mol. The smallest absolute Gasteiger partial charge is 0.227 e. The van der Waals surface area contributed by atoms with Gasteiger partial charge in [-0.25, -0.2) is 4.98 Å². The zero-order valence-corrected chi connectivity index (χ0v) is 15.3. The van der Waals surface area contributed by atoms with Gasteiger partial charge < -0.3 is 10.2 Å². The lowest BCUT2D eigenvalue weighted by Crippen LogP contribution is -2.24. The summed E-state index contributed by atoms with van der Waals surface area (Å²) >= 11 is 12.0. The Kier molecular flexibility index (Phi) is 5.74. The van der Waals surface area contributed by atoms with Crippen LogP contribution >= 0.6 is 23.2 Å². The maximum absolute atomic E-state index is 6.06. The number of nitrogens with one attached hydrogen (secondary N) is 1. The van der Waals surface area contributed by atoms with Crippen LogP contribution in [0, 0.1) is 0 Å². The maximum atomic E-state index is 6.06. The van der Waals surface area contributed by atoms with E-state index in [1.54, 1.807) is 18.3 Å². The van der Waals surface area contributed by atoms with Crippen molar-refractivity contribution < 1.29 is 0 Å². The van der Waals surface area contributed by atoms with Crippen molar-refractivity contribution in [3.8, 4) is 0 Å². The van der Waals surface area contributed by atoms with Gasteiger partial charge in [-0.3, -0.25) is 0 Å². The number of benzene rings is 2. The summed E-state index contributed by atoms with van der Waals surface area (Å²) in [5.41, 5.74) is 2.04. The predicted octanol–water partition coefficient (Wildman–Crippen LogP) is 5.55. The second-order valence-corrected chi connectivity index (χ2v) is 6.31. The summed E-state index contributed by atoms with van der Waals surface area (Å²) in [5, 5.41) is 4.26. The minimum Gasteiger partial charge on any atom is -0.340 e. The lowest BCUT2D eigenvalue weighted by atomic mass is 10.2. The van der Waals surface area contributed by atoms with E-state index in [2.05, 4.69) is 39.2 Å². The lowest BCUT2D eigenvalue weighted by Gasteiger charge is -2.21. The fourth-order valence-corrected chi connectivity index (χ4v) is 2.72. The molecule has 0 spiro atoms. The highest BCUT2D eigenvalue weighted by molar-refractivity contribution is 6.42. The van der Waals surface area contributed by atoms with Crippen LogP contribution in [0.15, 0.2) is 60.8 Å². The molecule has 0 amide bonds. The monoisotopic (exact) mass is 372 g/mol. The minimum absolute atomic E-state index is 0.500. The summed E-state index contributed by atoms with van der Waals surface area (Å²) in [6.45, 7) is 3.66. The molecule has 0 unspecified atom stereocenters. The van der Waals surface area contributed by atoms with Crippen LogP contribution in [-0.2, 0) is 6.54 Å². The third-order valence-electron chi connectivity index (χ3n) is 3.72. The summed E-state index contributed by atoms with van der Waals surface area (Å²) in [6, 6.07) is 17.5. The fourth-order valence-electron chi connectivity index (χ4n) is 2.42. The molecule has 0 fully saturated rings. The predicted molar refractivity (Wildman–Crippen MR) is 105 cm³/mol. The van der Waals surface area contributed by atoms with E-state index in [4.69, 9.17) is 23.2 Å². The Morgan fingerprint density at radius 2 is 1.80 bits per heavy atom. The van der Waals surface area contributed by atoms with Gasteiger partial charge >= 0.3 is 0 Å². The van der Waals surface area contributed by atoms with Crippen molar-refractivity contribution in [3.63, 3.8) is 0 Å². The topological polar surface area (TPSA) is 41.1 Å². The van der Waals surface area contributed by atoms with E-state index < -0.39 is 0 Å². The highest BCUT2D eigenvalue weighted by Gasteiger charge is 2.09. The van der Waals surface area contributed by atoms with E-state index in [1.165, 1.54) is 5.56 Å². The van der Waals surface area contributed by atoms with Gasteiger partial charge in [0.1, 0.15) is 5.82 Å². The Morgan fingerprint density at radius 1 is 1.00 bits per heavy atom. The molecule has 0 aliphatic carbocycles. The summed E-state index contributed by atoms with van der Waals surface area (Å²) in [5.74, 6) is 1.38. The van der Waals surface area contributed by atoms with Crippen molar-refractivity contribution in [2.45, 2.75) is 13.5 Å². The second-order valence-electron chi connectivity index (χ2n) is 5.50. The summed E-state index contributed by atoms with van der Waals surface area (Å²) < 4.78 is 0. The second kappa shape index (κ2) is 8.19. The highest BCUT2D eigenvalue weighted by Crippen LogP contribution is 2.26. The molecule has 25 heavy (non-hydrogen) atoms. The molecule has 4 nitrogen and oxygen atoms in total. The fraction of sp³-hybridized carbons (Fsp3) is 0.158. The number of hydrogen-bond acceptors (Lipinski definition) is 4. The molecule has 0 saturated carbocycles. The number of rotatable bonds is 6. The molecule has 3 rings (SSSR count). The normalized spacial score (nSPS) is 10.5. The summed E-state index contributed by atoms with van der Waals surface area (Å²) in [6.07, 6.45) is 1.75. The van der Waals surface area contributed by atoms with Gasteiger partial charge in [-0.1, -0.05) is 53.5 Å². The van der Waals surface area contributed by atoms with E-state index in [-0.39, 0.29) is 0 Å². The van der Waals surface area contributed by atoms with E-state index in [1.807, 2.05) is 30.3 Å². The van der Waals surface area contributed by atoms with Crippen molar-refractivity contribution in [3.05, 3.63) is 76.4 Å². The molecule has 1 aromatic heterocycles. The molecule has 2 aromatic carbocycles. The van der Waals surface area contributed by atoms with Crippen LogP contribution in [0.4, 0.5) is 17.5 Å². The third-order valence-corrected chi connectivity index (χ3v) is 4.45. The van der Waals surface area contributed by atoms with Gasteiger partial charge in [0, 0.05) is 25.0 Å². The van der Waals surface area contributed by atoms with Crippen LogP contribution in [0.1, 0.15) is 12.5 Å². The Balaban J connectivity index is 1.78. The standard InChI is InChI=1S/C19H18Cl2N4/c1-2-25(13-14-6-4-3-5-7-14)19-22-11-10-18(24-19)23-15-8-9-16(20)17(21)12-15/h3-12H,2,13H2,1H3,(H,22,23,24). The molecule has 0 saturated heterocycles. The van der Waals surface area contributed by atoms with Gasteiger partial charge in [0.05, 0.1) is 10.0 Å². The maximum Gasteiger partial charge on any atom is 0.227 e. The van der Waals surface area contributed by atoms with Crippen molar-refractivity contribution in [2.24, 2.45) is 0 Å². The number of hydrogen-bond donors (Lipinski definition) is 1. The SMILES string of the molecule is CCN(Cc1ccccc1)c1nccc(Nc2ccc(Cl)c(Cl)c2)n1. The van der Waals surface area contributed by atoms with Gasteiger partial charge in [0.2, 0.25) is 5.95 Å². The summed E-state index contributed by atoms with van der Waals surface area (Å²) in [7, 11) is 0. The molecule has 1 N–H and O–H groups in total. The lowest BCUT2D eigenvalue weighted by molar-refractivity contribution is 0.792. The van der Waals surface area contributed by atoms with Crippen molar-refractivity contribution in [1.82, 2.24) is 9.97 Å². The molecule has 0 aliphatic heterocycles. The average Bonchev–Trinajstić information content (AvgIpc) is 2.64. The van der Waals surface area contributed by atoms with E-state index in [0.717, 1.165) is 18.8 Å². The first kappa shape index (κ1) is 17.5. The zero-order chi connectivity index (χ0) is 17.6. The van der Waals surface area contributed by atoms with Gasteiger partial charge in [0.25, 0.3) is 0 Å². The van der Waals surface area contributed by atoms with Crippen LogP contribution in [0.3, 0.4) is 0 Å². The first-order valence-corrected chi connectivity index (χ1v) is 8.75. The van der Waals surface area contributed by atoms with Gasteiger partial charge in [-0.15, -0.1) is 0 Å². The quantitative estimate of drug-likeness (QED) is 0.615. The van der Waals surface area contributed by atoms with Crippen LogP contribution in [0.5, 0.6) is 0 Å². The van der Waals surface area contributed by atoms with Crippen LogP contribution in [0.2, 0.25) is 10.0 Å². The minimum atomic E-state index is 0.500. The largest absolute Gasteiger partial charge is 0.340 e. The van der Waals surface area contributed by atoms with Crippen LogP contribution in [0.25, 0.3) is 0 Å². The van der Waals surface area contributed by atoms with Crippen molar-refractivity contribution >= 4 is 40.7 Å². The third kappa shape index (κ3) is 4.62. The molecule has 0 atom stereocenters. The van der Waals surface area contributed by atoms with E-state index in [0.29, 0.717) is 21.8 Å². The molecule has 3 aromatic rings. The first-order chi connectivity index (χ1) is 12.2. The Labute approximate surface area is 157 Å². The van der Waals surface area contributed by atoms with Gasteiger partial charge in [-0.05, 0) is 36.8 Å². The number of nitrogens with zero attached hydrogens (tertiary/aromatic N) is 3. The molecule has 0 bridgehead atoms. The molecule has 128 valence electrons. The molecular formula is C19H18Cl2N4. The number of anilines is 3. The average molecular weight is 373 g/mol. The molecule has 0 radical (unpaired) electrons. The Morgan fingerprint density at radius 3 is 2.52 bits per heavy atom. The van der Waals surface area contributed by atoms with Gasteiger partial charge in [-0.2, -0.15) is 4.98 Å². The molecule has 0 aliphatic rings. The summed E-state index contributed by atoms with van der Waals surface area (Å²) in [4.78, 5) is 11.1. The van der Waals surface area contributed by atoms with E-state index >= 15 is 0 Å². The van der Waals surface area contributed by atoms with E-state index in [9.17, 15) is 0 Å². The van der Waals surface area contributed by atoms with Crippen LogP contribution in [-0.4, -0.2) is 16.5 Å². The molecule has 1 heterocycles. The number of aromatic nitrogens is 2.